The van der Waals surface area contributed by atoms with E-state index in [2.05, 4.69) is 27.9 Å². The third-order valence-corrected chi connectivity index (χ3v) is 6.82. The number of likely N-dealkylation sites (tertiary alicyclic amines) is 2. The van der Waals surface area contributed by atoms with Gasteiger partial charge in [0, 0.05) is 31.7 Å². The van der Waals surface area contributed by atoms with Crippen LogP contribution in [0.25, 0.3) is 0 Å². The minimum atomic E-state index is 0.283. The topological polar surface area (TPSA) is 65.2 Å². The number of amides is 1. The van der Waals surface area contributed by atoms with E-state index in [1.54, 1.807) is 0 Å². The fraction of sp³-hybridized carbons (Fsp3) is 0.783. The molecule has 6 nitrogen and oxygen atoms in total. The average molecular weight is 400 g/mol. The molecule has 160 valence electrons. The normalized spacial score (nSPS) is 21.3. The highest BCUT2D eigenvalue weighted by Crippen LogP contribution is 2.23. The van der Waals surface area contributed by atoms with E-state index < -0.39 is 0 Å². The number of piperidine rings is 2. The van der Waals surface area contributed by atoms with Crippen LogP contribution in [-0.4, -0.2) is 58.2 Å². The Bertz CT molecular complexity index is 726. The minimum absolute atomic E-state index is 0.283. The van der Waals surface area contributed by atoms with Crippen LogP contribution in [0.5, 0.6) is 0 Å². The molecule has 0 spiro atoms. The summed E-state index contributed by atoms with van der Waals surface area (Å²) in [5.41, 5.74) is 3.26. The molecular formula is C23H37N5O. The first-order valence-corrected chi connectivity index (χ1v) is 11.4. The molecule has 0 saturated carbocycles. The number of carbonyl (C=O) groups excluding carboxylic acids is 1. The van der Waals surface area contributed by atoms with Gasteiger partial charge in [-0.05, 0) is 76.4 Å². The van der Waals surface area contributed by atoms with Crippen molar-refractivity contribution in [2.45, 2.75) is 72.3 Å². The zero-order valence-electron chi connectivity index (χ0n) is 18.5. The van der Waals surface area contributed by atoms with E-state index in [1.807, 2.05) is 18.5 Å². The van der Waals surface area contributed by atoms with Crippen LogP contribution in [0.1, 0.15) is 62.4 Å². The van der Waals surface area contributed by atoms with Crippen LogP contribution in [0.15, 0.2) is 0 Å². The van der Waals surface area contributed by atoms with Crippen molar-refractivity contribution >= 4 is 5.91 Å². The average Bonchev–Trinajstić information content (AvgIpc) is 2.99. The monoisotopic (exact) mass is 399 g/mol. The summed E-state index contributed by atoms with van der Waals surface area (Å²) in [7, 11) is 0. The largest absolute Gasteiger partial charge is 0.342 e. The maximum Gasteiger partial charge on any atom is 0.222 e. The number of hydrogen-bond donors (Lipinski definition) is 0. The van der Waals surface area contributed by atoms with Gasteiger partial charge in [0.2, 0.25) is 5.91 Å². The Morgan fingerprint density at radius 2 is 1.97 bits per heavy atom. The highest BCUT2D eigenvalue weighted by atomic mass is 16.2. The lowest BCUT2D eigenvalue weighted by molar-refractivity contribution is -0.133. The van der Waals surface area contributed by atoms with Gasteiger partial charge in [-0.3, -0.25) is 9.48 Å². The molecule has 1 atom stereocenters. The Balaban J connectivity index is 1.49. The SMILES string of the molecule is Cc1nn(CCC#N)c(C)c1CCC(=O)N1CCCC(CN2CCC(C)CC2)C1. The van der Waals surface area contributed by atoms with Crippen molar-refractivity contribution in [1.82, 2.24) is 19.6 Å². The van der Waals surface area contributed by atoms with Gasteiger partial charge >= 0.3 is 0 Å². The number of hydrogen-bond acceptors (Lipinski definition) is 4. The standard InChI is InChI=1S/C23H37N5O/c1-18-9-14-26(15-10-18)16-21-6-4-12-27(17-21)23(29)8-7-22-19(2)25-28(20(22)3)13-5-11-24/h18,21H,4-10,12-17H2,1-3H3. The molecule has 1 aromatic rings. The smallest absolute Gasteiger partial charge is 0.222 e. The molecular weight excluding hydrogens is 362 g/mol. The molecule has 2 aliphatic heterocycles. The molecule has 6 heteroatoms. The predicted octanol–water partition coefficient (Wildman–Crippen LogP) is 3.32. The van der Waals surface area contributed by atoms with E-state index in [4.69, 9.17) is 5.26 Å². The van der Waals surface area contributed by atoms with E-state index in [1.165, 1.54) is 37.9 Å². The van der Waals surface area contributed by atoms with Crippen molar-refractivity contribution in [3.8, 4) is 6.07 Å². The number of carbonyl (C=O) groups is 1. The van der Waals surface area contributed by atoms with Crippen LogP contribution >= 0.6 is 0 Å². The molecule has 3 heterocycles. The van der Waals surface area contributed by atoms with Gasteiger partial charge in [0.05, 0.1) is 24.7 Å². The van der Waals surface area contributed by atoms with Gasteiger partial charge in [-0.25, -0.2) is 0 Å². The maximum atomic E-state index is 12.9. The van der Waals surface area contributed by atoms with Crippen LogP contribution in [-0.2, 0) is 17.8 Å². The van der Waals surface area contributed by atoms with Gasteiger partial charge < -0.3 is 9.80 Å². The number of nitriles is 1. The lowest BCUT2D eigenvalue weighted by Gasteiger charge is -2.38. The fourth-order valence-corrected chi connectivity index (χ4v) is 4.91. The summed E-state index contributed by atoms with van der Waals surface area (Å²) in [5, 5.41) is 13.4. The van der Waals surface area contributed by atoms with Crippen molar-refractivity contribution in [3.63, 3.8) is 0 Å². The van der Waals surface area contributed by atoms with Crippen LogP contribution in [0, 0.1) is 37.0 Å². The summed E-state index contributed by atoms with van der Waals surface area (Å²) in [5.74, 6) is 1.77. The Morgan fingerprint density at radius 3 is 2.69 bits per heavy atom. The molecule has 3 rings (SSSR count). The van der Waals surface area contributed by atoms with E-state index in [0.717, 1.165) is 49.8 Å². The van der Waals surface area contributed by atoms with Crippen molar-refractivity contribution in [2.24, 2.45) is 11.8 Å². The zero-order chi connectivity index (χ0) is 20.8. The molecule has 0 radical (unpaired) electrons. The predicted molar refractivity (Wildman–Crippen MR) is 114 cm³/mol. The fourth-order valence-electron chi connectivity index (χ4n) is 4.91. The molecule has 1 aromatic heterocycles. The van der Waals surface area contributed by atoms with Gasteiger partial charge in [0.1, 0.15) is 0 Å². The third-order valence-electron chi connectivity index (χ3n) is 6.82. The van der Waals surface area contributed by atoms with E-state index in [9.17, 15) is 4.79 Å². The molecule has 2 saturated heterocycles. The molecule has 29 heavy (non-hydrogen) atoms. The first-order chi connectivity index (χ1) is 14.0. The van der Waals surface area contributed by atoms with E-state index in [-0.39, 0.29) is 5.91 Å². The highest BCUT2D eigenvalue weighted by molar-refractivity contribution is 5.76. The number of aryl methyl sites for hydroxylation is 2. The van der Waals surface area contributed by atoms with Crippen LogP contribution in [0.4, 0.5) is 0 Å². The molecule has 1 unspecified atom stereocenters. The molecule has 0 N–H and O–H groups in total. The molecule has 0 aliphatic carbocycles. The van der Waals surface area contributed by atoms with Gasteiger partial charge in [-0.15, -0.1) is 0 Å². The summed E-state index contributed by atoms with van der Waals surface area (Å²) in [6, 6.07) is 2.18. The molecule has 1 amide bonds. The summed E-state index contributed by atoms with van der Waals surface area (Å²) >= 11 is 0. The lowest BCUT2D eigenvalue weighted by Crippen LogP contribution is -2.45. The van der Waals surface area contributed by atoms with Crippen molar-refractivity contribution in [2.75, 3.05) is 32.7 Å². The summed E-state index contributed by atoms with van der Waals surface area (Å²) in [4.78, 5) is 17.6. The quantitative estimate of drug-likeness (QED) is 0.705. The second kappa shape index (κ2) is 10.2. The van der Waals surface area contributed by atoms with Crippen LogP contribution in [0.2, 0.25) is 0 Å². The third kappa shape index (κ3) is 5.82. The molecule has 2 fully saturated rings. The van der Waals surface area contributed by atoms with Crippen molar-refractivity contribution in [3.05, 3.63) is 17.0 Å². The Labute approximate surface area is 175 Å². The number of rotatable bonds is 7. The van der Waals surface area contributed by atoms with E-state index in [0.29, 0.717) is 25.3 Å². The van der Waals surface area contributed by atoms with Crippen molar-refractivity contribution in [1.29, 1.82) is 5.26 Å². The van der Waals surface area contributed by atoms with Crippen LogP contribution < -0.4 is 0 Å². The van der Waals surface area contributed by atoms with Gasteiger partial charge in [-0.1, -0.05) is 6.92 Å². The first kappa shape index (κ1) is 21.8. The van der Waals surface area contributed by atoms with Gasteiger partial charge in [0.15, 0.2) is 0 Å². The zero-order valence-corrected chi connectivity index (χ0v) is 18.5. The number of nitrogens with zero attached hydrogens (tertiary/aromatic N) is 5. The Kier molecular flexibility index (Phi) is 7.71. The van der Waals surface area contributed by atoms with E-state index >= 15 is 0 Å². The number of aromatic nitrogens is 2. The van der Waals surface area contributed by atoms with Crippen LogP contribution in [0.3, 0.4) is 0 Å². The Hall–Kier alpha value is -1.87. The summed E-state index contributed by atoms with van der Waals surface area (Å²) < 4.78 is 1.91. The second-order valence-electron chi connectivity index (χ2n) is 9.11. The molecule has 2 aliphatic rings. The molecule has 0 bridgehead atoms. The molecule has 0 aromatic carbocycles. The van der Waals surface area contributed by atoms with Gasteiger partial charge in [0.25, 0.3) is 0 Å². The van der Waals surface area contributed by atoms with Crippen molar-refractivity contribution < 1.29 is 4.79 Å². The second-order valence-corrected chi connectivity index (χ2v) is 9.11. The minimum Gasteiger partial charge on any atom is -0.342 e. The maximum absolute atomic E-state index is 12.9. The first-order valence-electron chi connectivity index (χ1n) is 11.4. The van der Waals surface area contributed by atoms with Gasteiger partial charge in [-0.2, -0.15) is 10.4 Å². The lowest BCUT2D eigenvalue weighted by atomic mass is 9.94. The Morgan fingerprint density at radius 1 is 1.21 bits per heavy atom. The summed E-state index contributed by atoms with van der Waals surface area (Å²) in [6.45, 7) is 12.5. The summed E-state index contributed by atoms with van der Waals surface area (Å²) in [6.07, 6.45) is 6.77. The highest BCUT2D eigenvalue weighted by Gasteiger charge is 2.26.